The van der Waals surface area contributed by atoms with E-state index in [0.717, 1.165) is 0 Å². The lowest BCUT2D eigenvalue weighted by atomic mass is 9.91. The highest BCUT2D eigenvalue weighted by Gasteiger charge is 2.46. The van der Waals surface area contributed by atoms with Gasteiger partial charge in [0.1, 0.15) is 11.9 Å². The van der Waals surface area contributed by atoms with E-state index < -0.39 is 17.7 Å². The van der Waals surface area contributed by atoms with Crippen molar-refractivity contribution in [1.82, 2.24) is 0 Å². The van der Waals surface area contributed by atoms with Gasteiger partial charge in [0, 0.05) is 20.3 Å². The van der Waals surface area contributed by atoms with Crippen LogP contribution >= 0.6 is 0 Å². The maximum Gasteiger partial charge on any atom is 0.343 e. The summed E-state index contributed by atoms with van der Waals surface area (Å²) in [6, 6.07) is 0. The van der Waals surface area contributed by atoms with Gasteiger partial charge in [-0.3, -0.25) is 0 Å². The van der Waals surface area contributed by atoms with E-state index in [1.165, 1.54) is 27.4 Å². The Morgan fingerprint density at radius 2 is 2.13 bits per heavy atom. The molecule has 0 aromatic heterocycles. The molecule has 1 aliphatic carbocycles. The van der Waals surface area contributed by atoms with Crippen LogP contribution in [-0.2, 0) is 19.0 Å². The third-order valence-electron chi connectivity index (χ3n) is 2.38. The zero-order chi connectivity index (χ0) is 11.5. The van der Waals surface area contributed by atoms with Gasteiger partial charge in [0.25, 0.3) is 0 Å². The summed E-state index contributed by atoms with van der Waals surface area (Å²) in [6.07, 6.45) is 3.97. The van der Waals surface area contributed by atoms with Gasteiger partial charge in [-0.15, -0.1) is 0 Å². The van der Waals surface area contributed by atoms with Gasteiger partial charge >= 0.3 is 5.97 Å². The van der Waals surface area contributed by atoms with Crippen LogP contribution in [0.2, 0.25) is 0 Å². The number of rotatable bonds is 4. The Bertz CT molecular complexity index is 307. The fourth-order valence-electron chi connectivity index (χ4n) is 1.49. The van der Waals surface area contributed by atoms with Gasteiger partial charge in [0.15, 0.2) is 0 Å². The van der Waals surface area contributed by atoms with Gasteiger partial charge in [-0.25, -0.2) is 4.79 Å². The van der Waals surface area contributed by atoms with Gasteiger partial charge in [0.2, 0.25) is 5.60 Å². The normalized spacial score (nSPS) is 29.8. The Morgan fingerprint density at radius 3 is 2.53 bits per heavy atom. The lowest BCUT2D eigenvalue weighted by molar-refractivity contribution is -0.167. The molecule has 2 unspecified atom stereocenters. The van der Waals surface area contributed by atoms with Crippen molar-refractivity contribution in [2.24, 2.45) is 0 Å². The molecule has 0 amide bonds. The zero-order valence-corrected chi connectivity index (χ0v) is 8.89. The molecule has 0 spiro atoms. The molecule has 2 atom stereocenters. The number of methoxy groups -OCH3 is 3. The van der Waals surface area contributed by atoms with Crippen molar-refractivity contribution in [1.29, 1.82) is 0 Å². The van der Waals surface area contributed by atoms with Crippen molar-refractivity contribution < 1.29 is 24.1 Å². The van der Waals surface area contributed by atoms with Crippen molar-refractivity contribution in [3.8, 4) is 0 Å². The highest BCUT2D eigenvalue weighted by Crippen LogP contribution is 2.28. The maximum absolute atomic E-state index is 11.2. The van der Waals surface area contributed by atoms with Crippen LogP contribution in [0.25, 0.3) is 0 Å². The third-order valence-corrected chi connectivity index (χ3v) is 2.38. The molecule has 0 aromatic rings. The third kappa shape index (κ3) is 1.88. The fraction of sp³-hybridized carbons (Fsp3) is 0.500. The monoisotopic (exact) mass is 214 g/mol. The standard InChI is InChI=1S/C10H14O5/c1-13-7-4-5-8(14-2)10(6-7,15-3)9(11)12/h4-6,8H,1-3H3,(H,11,12). The molecular formula is C10H14O5. The predicted octanol–water partition coefficient (Wildman–Crippen LogP) is 0.571. The first kappa shape index (κ1) is 11.7. The van der Waals surface area contributed by atoms with E-state index in [2.05, 4.69) is 0 Å². The molecule has 5 heteroatoms. The molecule has 1 N–H and O–H groups in total. The van der Waals surface area contributed by atoms with E-state index in [1.807, 2.05) is 0 Å². The van der Waals surface area contributed by atoms with E-state index in [9.17, 15) is 4.79 Å². The molecule has 0 aliphatic heterocycles. The minimum absolute atomic E-state index is 0.438. The molecule has 0 aromatic carbocycles. The van der Waals surface area contributed by atoms with Crippen LogP contribution in [0.15, 0.2) is 24.0 Å². The molecule has 1 rings (SSSR count). The molecule has 0 fully saturated rings. The quantitative estimate of drug-likeness (QED) is 0.741. The summed E-state index contributed by atoms with van der Waals surface area (Å²) < 4.78 is 15.1. The van der Waals surface area contributed by atoms with Crippen LogP contribution in [-0.4, -0.2) is 44.1 Å². The minimum Gasteiger partial charge on any atom is -0.497 e. The smallest absolute Gasteiger partial charge is 0.343 e. The number of ether oxygens (including phenoxy) is 3. The Balaban J connectivity index is 3.14. The topological polar surface area (TPSA) is 65.0 Å². The summed E-state index contributed by atoms with van der Waals surface area (Å²) in [7, 11) is 4.21. The second kappa shape index (κ2) is 4.46. The lowest BCUT2D eigenvalue weighted by Crippen LogP contribution is -2.51. The first-order chi connectivity index (χ1) is 7.10. The first-order valence-corrected chi connectivity index (χ1v) is 4.37. The number of carboxylic acid groups (broad SMARTS) is 1. The lowest BCUT2D eigenvalue weighted by Gasteiger charge is -2.32. The van der Waals surface area contributed by atoms with Crippen molar-refractivity contribution in [2.75, 3.05) is 21.3 Å². The summed E-state index contributed by atoms with van der Waals surface area (Å²) >= 11 is 0. The predicted molar refractivity (Wildman–Crippen MR) is 52.4 cm³/mol. The molecule has 1 aliphatic rings. The van der Waals surface area contributed by atoms with E-state index in [4.69, 9.17) is 19.3 Å². The van der Waals surface area contributed by atoms with Crippen LogP contribution in [0.1, 0.15) is 0 Å². The summed E-state index contributed by atoms with van der Waals surface area (Å²) in [4.78, 5) is 11.2. The van der Waals surface area contributed by atoms with Gasteiger partial charge in [0.05, 0.1) is 7.11 Å². The number of aliphatic carboxylic acids is 1. The molecule has 0 saturated carbocycles. The molecule has 0 radical (unpaired) electrons. The van der Waals surface area contributed by atoms with Crippen LogP contribution in [0.4, 0.5) is 0 Å². The van der Waals surface area contributed by atoms with Gasteiger partial charge in [-0.1, -0.05) is 0 Å². The van der Waals surface area contributed by atoms with E-state index in [0.29, 0.717) is 5.76 Å². The van der Waals surface area contributed by atoms with Crippen LogP contribution in [0.5, 0.6) is 0 Å². The number of carboxylic acids is 1. The molecular weight excluding hydrogens is 200 g/mol. The van der Waals surface area contributed by atoms with Crippen molar-refractivity contribution in [3.63, 3.8) is 0 Å². The van der Waals surface area contributed by atoms with Crippen molar-refractivity contribution >= 4 is 5.97 Å². The minimum atomic E-state index is -1.52. The average Bonchev–Trinajstić information content (AvgIpc) is 2.27. The molecule has 0 heterocycles. The maximum atomic E-state index is 11.2. The molecule has 0 saturated heterocycles. The Morgan fingerprint density at radius 1 is 1.47 bits per heavy atom. The SMILES string of the molecule is COC1=CC(OC)(C(=O)O)C(OC)C=C1. The molecule has 5 nitrogen and oxygen atoms in total. The highest BCUT2D eigenvalue weighted by molar-refractivity contribution is 5.82. The van der Waals surface area contributed by atoms with Crippen molar-refractivity contribution in [3.05, 3.63) is 24.0 Å². The van der Waals surface area contributed by atoms with E-state index in [1.54, 1.807) is 12.2 Å². The number of hydrogen-bond acceptors (Lipinski definition) is 4. The first-order valence-electron chi connectivity index (χ1n) is 4.37. The Hall–Kier alpha value is -1.33. The number of hydrogen-bond donors (Lipinski definition) is 1. The summed E-state index contributed by atoms with van der Waals surface area (Å²) in [5.41, 5.74) is -1.52. The van der Waals surface area contributed by atoms with Crippen LogP contribution in [0, 0.1) is 0 Å². The van der Waals surface area contributed by atoms with Gasteiger partial charge in [-0.05, 0) is 12.2 Å². The number of allylic oxidation sites excluding steroid dienone is 1. The van der Waals surface area contributed by atoms with Gasteiger partial charge < -0.3 is 19.3 Å². The average molecular weight is 214 g/mol. The second-order valence-corrected chi connectivity index (χ2v) is 3.07. The van der Waals surface area contributed by atoms with Crippen LogP contribution in [0.3, 0.4) is 0 Å². The molecule has 0 bridgehead atoms. The van der Waals surface area contributed by atoms with Gasteiger partial charge in [-0.2, -0.15) is 0 Å². The van der Waals surface area contributed by atoms with Crippen molar-refractivity contribution in [2.45, 2.75) is 11.7 Å². The zero-order valence-electron chi connectivity index (χ0n) is 8.89. The number of carbonyl (C=O) groups is 1. The Kier molecular flexibility index (Phi) is 3.49. The van der Waals surface area contributed by atoms with Crippen LogP contribution < -0.4 is 0 Å². The molecule has 84 valence electrons. The van der Waals surface area contributed by atoms with E-state index >= 15 is 0 Å². The summed E-state index contributed by atoms with van der Waals surface area (Å²) in [5, 5.41) is 9.16. The largest absolute Gasteiger partial charge is 0.497 e. The highest BCUT2D eigenvalue weighted by atomic mass is 16.6. The second-order valence-electron chi connectivity index (χ2n) is 3.07. The van der Waals surface area contributed by atoms with E-state index in [-0.39, 0.29) is 0 Å². The Labute approximate surface area is 87.9 Å². The molecule has 15 heavy (non-hydrogen) atoms. The summed E-state index contributed by atoms with van der Waals surface area (Å²) in [5.74, 6) is -0.677. The fourth-order valence-corrected chi connectivity index (χ4v) is 1.49. The summed E-state index contributed by atoms with van der Waals surface area (Å²) in [6.45, 7) is 0.